The lowest BCUT2D eigenvalue weighted by atomic mass is 10.3. The molecule has 3 nitrogen and oxygen atoms in total. The molecule has 1 N–H and O–H groups in total. The van der Waals surface area contributed by atoms with Gasteiger partial charge in [0.2, 0.25) is 0 Å². The van der Waals surface area contributed by atoms with Crippen LogP contribution in [0.5, 0.6) is 0 Å². The van der Waals surface area contributed by atoms with E-state index >= 15 is 0 Å². The molecule has 0 aliphatic carbocycles. The van der Waals surface area contributed by atoms with Crippen molar-refractivity contribution in [1.82, 2.24) is 4.98 Å². The van der Waals surface area contributed by atoms with Crippen LogP contribution in [-0.2, 0) is 0 Å². The second-order valence-electron chi connectivity index (χ2n) is 3.42. The highest BCUT2D eigenvalue weighted by atomic mass is 79.9. The maximum Gasteiger partial charge on any atom is 0.274 e. The summed E-state index contributed by atoms with van der Waals surface area (Å²) in [5.41, 5.74) is 0.871. The summed E-state index contributed by atoms with van der Waals surface area (Å²) in [6.07, 6.45) is 0. The molecule has 0 fully saturated rings. The SMILES string of the molecule is O=C(Nc1ccc(Cl)cc1Br)c1cccc(Cl)n1. The number of hydrogen-bond acceptors (Lipinski definition) is 2. The third kappa shape index (κ3) is 3.22. The maximum absolute atomic E-state index is 11.9. The first-order chi connectivity index (χ1) is 8.56. The fourth-order valence-corrected chi connectivity index (χ4v) is 2.26. The molecule has 0 unspecified atom stereocenters. The lowest BCUT2D eigenvalue weighted by Gasteiger charge is -2.07. The van der Waals surface area contributed by atoms with Crippen LogP contribution in [-0.4, -0.2) is 10.9 Å². The van der Waals surface area contributed by atoms with E-state index in [9.17, 15) is 4.79 Å². The van der Waals surface area contributed by atoms with Crippen LogP contribution in [0.3, 0.4) is 0 Å². The van der Waals surface area contributed by atoms with Gasteiger partial charge in [-0.15, -0.1) is 0 Å². The Morgan fingerprint density at radius 2 is 2.00 bits per heavy atom. The van der Waals surface area contributed by atoms with Crippen LogP contribution in [0.15, 0.2) is 40.9 Å². The number of nitrogens with zero attached hydrogens (tertiary/aromatic N) is 1. The van der Waals surface area contributed by atoms with E-state index in [4.69, 9.17) is 23.2 Å². The van der Waals surface area contributed by atoms with Crippen LogP contribution in [0.4, 0.5) is 5.69 Å². The Balaban J connectivity index is 2.21. The fraction of sp³-hybridized carbons (Fsp3) is 0. The van der Waals surface area contributed by atoms with E-state index in [-0.39, 0.29) is 16.8 Å². The smallest absolute Gasteiger partial charge is 0.274 e. The number of rotatable bonds is 2. The largest absolute Gasteiger partial charge is 0.320 e. The number of nitrogens with one attached hydrogen (secondary N) is 1. The first-order valence-corrected chi connectivity index (χ1v) is 6.50. The van der Waals surface area contributed by atoms with E-state index in [1.807, 2.05) is 0 Å². The zero-order valence-electron chi connectivity index (χ0n) is 8.95. The summed E-state index contributed by atoms with van der Waals surface area (Å²) in [5, 5.41) is 3.58. The number of benzene rings is 1. The predicted molar refractivity (Wildman–Crippen MR) is 76.4 cm³/mol. The van der Waals surface area contributed by atoms with E-state index in [0.717, 1.165) is 0 Å². The van der Waals surface area contributed by atoms with Crippen molar-refractivity contribution >= 4 is 50.7 Å². The summed E-state index contributed by atoms with van der Waals surface area (Å²) in [5.74, 6) is -0.333. The van der Waals surface area contributed by atoms with E-state index in [1.165, 1.54) is 0 Å². The lowest BCUT2D eigenvalue weighted by molar-refractivity contribution is 0.102. The zero-order chi connectivity index (χ0) is 13.1. The summed E-state index contributed by atoms with van der Waals surface area (Å²) >= 11 is 14.9. The molecule has 2 aromatic rings. The van der Waals surface area contributed by atoms with Gasteiger partial charge < -0.3 is 5.32 Å². The van der Waals surface area contributed by atoms with Crippen molar-refractivity contribution in [3.05, 3.63) is 56.7 Å². The molecule has 0 atom stereocenters. The minimum absolute atomic E-state index is 0.254. The summed E-state index contributed by atoms with van der Waals surface area (Å²) in [7, 11) is 0. The monoisotopic (exact) mass is 344 g/mol. The van der Waals surface area contributed by atoms with Gasteiger partial charge in [-0.2, -0.15) is 0 Å². The van der Waals surface area contributed by atoms with Crippen LogP contribution in [0.25, 0.3) is 0 Å². The molecule has 1 aromatic heterocycles. The van der Waals surface area contributed by atoms with Gasteiger partial charge in [-0.05, 0) is 46.3 Å². The van der Waals surface area contributed by atoms with Crippen LogP contribution >= 0.6 is 39.1 Å². The summed E-state index contributed by atoms with van der Waals surface area (Å²) in [4.78, 5) is 15.8. The lowest BCUT2D eigenvalue weighted by Crippen LogP contribution is -2.13. The Bertz CT molecular complexity index is 604. The molecule has 2 rings (SSSR count). The molecule has 1 heterocycles. The molecule has 0 radical (unpaired) electrons. The van der Waals surface area contributed by atoms with Crippen molar-refractivity contribution in [2.24, 2.45) is 0 Å². The Morgan fingerprint density at radius 3 is 2.67 bits per heavy atom. The van der Waals surface area contributed by atoms with Crippen molar-refractivity contribution in [3.63, 3.8) is 0 Å². The number of carbonyl (C=O) groups excluding carboxylic acids is 1. The van der Waals surface area contributed by atoms with Crippen LogP contribution < -0.4 is 5.32 Å². The van der Waals surface area contributed by atoms with Crippen molar-refractivity contribution < 1.29 is 4.79 Å². The van der Waals surface area contributed by atoms with Crippen molar-refractivity contribution in [2.75, 3.05) is 5.32 Å². The summed E-state index contributed by atoms with van der Waals surface area (Å²) in [6.45, 7) is 0. The Morgan fingerprint density at radius 1 is 1.22 bits per heavy atom. The first kappa shape index (κ1) is 13.3. The fourth-order valence-electron chi connectivity index (χ4n) is 1.31. The number of amides is 1. The average molecular weight is 346 g/mol. The first-order valence-electron chi connectivity index (χ1n) is 4.95. The molecule has 6 heteroatoms. The normalized spacial score (nSPS) is 10.2. The van der Waals surface area contributed by atoms with E-state index < -0.39 is 0 Å². The Kier molecular flexibility index (Phi) is 4.22. The van der Waals surface area contributed by atoms with Crippen molar-refractivity contribution in [2.45, 2.75) is 0 Å². The number of anilines is 1. The van der Waals surface area contributed by atoms with Crippen molar-refractivity contribution in [1.29, 1.82) is 0 Å². The molecule has 0 bridgehead atoms. The minimum Gasteiger partial charge on any atom is -0.320 e. The molecule has 1 amide bonds. The second-order valence-corrected chi connectivity index (χ2v) is 5.10. The summed E-state index contributed by atoms with van der Waals surface area (Å²) in [6, 6.07) is 9.95. The van der Waals surface area contributed by atoms with E-state index in [2.05, 4.69) is 26.2 Å². The predicted octanol–water partition coefficient (Wildman–Crippen LogP) is 4.40. The zero-order valence-corrected chi connectivity index (χ0v) is 12.1. The number of hydrogen-bond donors (Lipinski definition) is 1. The van der Waals surface area contributed by atoms with Crippen LogP contribution in [0.2, 0.25) is 10.2 Å². The number of pyridine rings is 1. The Labute approximate surface area is 122 Å². The molecule has 1 aromatic carbocycles. The Hall–Kier alpha value is -1.10. The van der Waals surface area contributed by atoms with E-state index in [0.29, 0.717) is 15.2 Å². The quantitative estimate of drug-likeness (QED) is 0.819. The van der Waals surface area contributed by atoms with Gasteiger partial charge in [0.1, 0.15) is 10.8 Å². The van der Waals surface area contributed by atoms with Crippen molar-refractivity contribution in [3.8, 4) is 0 Å². The molecule has 0 aliphatic heterocycles. The number of carbonyl (C=O) groups is 1. The molecule has 0 saturated heterocycles. The standard InChI is InChI=1S/C12H7BrCl2N2O/c13-8-6-7(14)4-5-9(8)17-12(18)10-2-1-3-11(15)16-10/h1-6H,(H,17,18). The second kappa shape index (κ2) is 5.69. The number of halogens is 3. The highest BCUT2D eigenvalue weighted by Gasteiger charge is 2.10. The van der Waals surface area contributed by atoms with Gasteiger partial charge in [0.15, 0.2) is 0 Å². The van der Waals surface area contributed by atoms with Gasteiger partial charge in [-0.1, -0.05) is 29.3 Å². The van der Waals surface area contributed by atoms with Crippen LogP contribution in [0, 0.1) is 0 Å². The third-order valence-corrected chi connectivity index (χ3v) is 3.23. The maximum atomic E-state index is 11.9. The molecular formula is C12H7BrCl2N2O. The van der Waals surface area contributed by atoms with Gasteiger partial charge in [0, 0.05) is 9.50 Å². The van der Waals surface area contributed by atoms with Gasteiger partial charge in [-0.3, -0.25) is 4.79 Å². The highest BCUT2D eigenvalue weighted by Crippen LogP contribution is 2.26. The van der Waals surface area contributed by atoms with Gasteiger partial charge in [0.05, 0.1) is 5.69 Å². The molecular weight excluding hydrogens is 339 g/mol. The van der Waals surface area contributed by atoms with Crippen LogP contribution in [0.1, 0.15) is 10.5 Å². The van der Waals surface area contributed by atoms with Gasteiger partial charge in [-0.25, -0.2) is 4.98 Å². The molecule has 18 heavy (non-hydrogen) atoms. The minimum atomic E-state index is -0.333. The highest BCUT2D eigenvalue weighted by molar-refractivity contribution is 9.10. The molecule has 0 spiro atoms. The van der Waals surface area contributed by atoms with Gasteiger partial charge >= 0.3 is 0 Å². The average Bonchev–Trinajstić information content (AvgIpc) is 2.32. The van der Waals surface area contributed by atoms with E-state index in [1.54, 1.807) is 36.4 Å². The molecule has 92 valence electrons. The number of aromatic nitrogens is 1. The van der Waals surface area contributed by atoms with Gasteiger partial charge in [0.25, 0.3) is 5.91 Å². The topological polar surface area (TPSA) is 42.0 Å². The third-order valence-electron chi connectivity index (χ3n) is 2.13. The molecule has 0 saturated carbocycles. The molecule has 0 aliphatic rings. The summed E-state index contributed by atoms with van der Waals surface area (Å²) < 4.78 is 0.699.